The van der Waals surface area contributed by atoms with Gasteiger partial charge in [-0.15, -0.1) is 0 Å². The summed E-state index contributed by atoms with van der Waals surface area (Å²) in [6, 6.07) is 9.03. The summed E-state index contributed by atoms with van der Waals surface area (Å²) in [7, 11) is 3.07. The van der Waals surface area contributed by atoms with Crippen LogP contribution >= 0.6 is 0 Å². The van der Waals surface area contributed by atoms with E-state index in [9.17, 15) is 9.59 Å². The van der Waals surface area contributed by atoms with Crippen molar-refractivity contribution in [1.82, 2.24) is 15.2 Å². The second-order valence-electron chi connectivity index (χ2n) is 6.68. The van der Waals surface area contributed by atoms with Crippen molar-refractivity contribution in [1.29, 1.82) is 0 Å². The van der Waals surface area contributed by atoms with Gasteiger partial charge in [0.15, 0.2) is 0 Å². The average molecular weight is 383 g/mol. The van der Waals surface area contributed by atoms with E-state index >= 15 is 0 Å². The fraction of sp³-hybridized carbons (Fsp3) is 0.381. The van der Waals surface area contributed by atoms with E-state index in [0.29, 0.717) is 49.5 Å². The van der Waals surface area contributed by atoms with E-state index in [2.05, 4.69) is 10.3 Å². The Kier molecular flexibility index (Phi) is 6.47. The molecule has 1 aliphatic rings. The zero-order valence-corrected chi connectivity index (χ0v) is 16.2. The summed E-state index contributed by atoms with van der Waals surface area (Å²) in [5, 5.41) is 2.97. The Morgan fingerprint density at radius 1 is 1.07 bits per heavy atom. The molecule has 3 rings (SSSR count). The van der Waals surface area contributed by atoms with Gasteiger partial charge in [-0.05, 0) is 42.7 Å². The summed E-state index contributed by atoms with van der Waals surface area (Å²) >= 11 is 0. The molecule has 0 aliphatic carbocycles. The minimum absolute atomic E-state index is 0.0267. The van der Waals surface area contributed by atoms with E-state index in [1.807, 2.05) is 12.1 Å². The Hall–Kier alpha value is -3.09. The summed E-state index contributed by atoms with van der Waals surface area (Å²) in [6.45, 7) is 1.53. The number of rotatable bonds is 6. The number of carbonyl (C=O) groups is 2. The first-order valence-electron chi connectivity index (χ1n) is 9.31. The van der Waals surface area contributed by atoms with Crippen LogP contribution in [0.1, 0.15) is 28.8 Å². The van der Waals surface area contributed by atoms with Crippen LogP contribution in [0.25, 0.3) is 0 Å². The van der Waals surface area contributed by atoms with Crippen LogP contribution in [0.3, 0.4) is 0 Å². The highest BCUT2D eigenvalue weighted by molar-refractivity contribution is 6.00. The van der Waals surface area contributed by atoms with E-state index in [-0.39, 0.29) is 17.7 Å². The molecule has 7 nitrogen and oxygen atoms in total. The van der Waals surface area contributed by atoms with Crippen LogP contribution in [-0.2, 0) is 11.3 Å². The molecule has 1 fully saturated rings. The van der Waals surface area contributed by atoms with E-state index in [4.69, 9.17) is 9.47 Å². The maximum absolute atomic E-state index is 13.0. The largest absolute Gasteiger partial charge is 0.496 e. The van der Waals surface area contributed by atoms with E-state index in [1.165, 1.54) is 14.2 Å². The number of amides is 2. The fourth-order valence-corrected chi connectivity index (χ4v) is 3.40. The third-order valence-electron chi connectivity index (χ3n) is 5.01. The normalized spacial score (nSPS) is 14.4. The number of pyridine rings is 1. The molecule has 148 valence electrons. The lowest BCUT2D eigenvalue weighted by atomic mass is 9.95. The molecule has 0 radical (unpaired) electrons. The number of hydrogen-bond donors (Lipinski definition) is 1. The zero-order chi connectivity index (χ0) is 19.9. The lowest BCUT2D eigenvalue weighted by molar-refractivity contribution is -0.126. The predicted octanol–water partition coefficient (Wildman–Crippen LogP) is 2.27. The molecule has 7 heteroatoms. The number of hydrogen-bond acceptors (Lipinski definition) is 5. The molecular weight excluding hydrogens is 358 g/mol. The van der Waals surface area contributed by atoms with Gasteiger partial charge in [-0.2, -0.15) is 0 Å². The van der Waals surface area contributed by atoms with Gasteiger partial charge in [-0.1, -0.05) is 6.07 Å². The third kappa shape index (κ3) is 4.42. The number of aromatic nitrogens is 1. The number of nitrogens with one attached hydrogen (secondary N) is 1. The number of likely N-dealkylation sites (tertiary alicyclic amines) is 1. The van der Waals surface area contributed by atoms with Crippen LogP contribution in [-0.4, -0.2) is 49.0 Å². The molecule has 2 heterocycles. The van der Waals surface area contributed by atoms with Crippen molar-refractivity contribution in [2.24, 2.45) is 5.92 Å². The Morgan fingerprint density at radius 3 is 2.25 bits per heavy atom. The predicted molar refractivity (Wildman–Crippen MR) is 104 cm³/mol. The summed E-state index contributed by atoms with van der Waals surface area (Å²) in [6.07, 6.45) is 4.67. The molecule has 0 atom stereocenters. The maximum atomic E-state index is 13.0. The Bertz CT molecular complexity index is 795. The third-order valence-corrected chi connectivity index (χ3v) is 5.01. The lowest BCUT2D eigenvalue weighted by Crippen LogP contribution is -2.43. The van der Waals surface area contributed by atoms with Crippen LogP contribution in [0.15, 0.2) is 42.7 Å². The van der Waals surface area contributed by atoms with Crippen molar-refractivity contribution in [3.05, 3.63) is 53.9 Å². The molecule has 1 aromatic heterocycles. The summed E-state index contributed by atoms with van der Waals surface area (Å²) in [5.74, 6) is 0.775. The van der Waals surface area contributed by atoms with E-state index < -0.39 is 0 Å². The maximum Gasteiger partial charge on any atom is 0.261 e. The number of carbonyl (C=O) groups excluding carboxylic acids is 2. The highest BCUT2D eigenvalue weighted by Gasteiger charge is 2.30. The van der Waals surface area contributed by atoms with Crippen molar-refractivity contribution in [3.8, 4) is 11.5 Å². The molecule has 1 aromatic carbocycles. The fourth-order valence-electron chi connectivity index (χ4n) is 3.40. The Labute approximate surface area is 164 Å². The van der Waals surface area contributed by atoms with Crippen molar-refractivity contribution in [2.75, 3.05) is 27.3 Å². The number of methoxy groups -OCH3 is 2. The van der Waals surface area contributed by atoms with Crippen molar-refractivity contribution in [3.63, 3.8) is 0 Å². The van der Waals surface area contributed by atoms with E-state index in [0.717, 1.165) is 5.56 Å². The first kappa shape index (κ1) is 19.7. The standard InChI is InChI=1S/C21H25N3O4/c1-27-17-4-3-5-18(28-2)19(17)21(26)24-12-8-16(9-13-24)20(25)23-14-15-6-10-22-11-7-15/h3-7,10-11,16H,8-9,12-14H2,1-2H3,(H,23,25). The summed E-state index contributed by atoms with van der Waals surface area (Å²) in [5.41, 5.74) is 1.44. The van der Waals surface area contributed by atoms with Crippen molar-refractivity contribution >= 4 is 11.8 Å². The summed E-state index contributed by atoms with van der Waals surface area (Å²) < 4.78 is 10.7. The van der Waals surface area contributed by atoms with Gasteiger partial charge in [0.25, 0.3) is 5.91 Å². The minimum atomic E-state index is -0.134. The Balaban J connectivity index is 1.58. The van der Waals surface area contributed by atoms with Crippen LogP contribution < -0.4 is 14.8 Å². The number of benzene rings is 1. The smallest absolute Gasteiger partial charge is 0.261 e. The molecule has 0 saturated carbocycles. The highest BCUT2D eigenvalue weighted by Crippen LogP contribution is 2.31. The van der Waals surface area contributed by atoms with Gasteiger partial charge in [-0.3, -0.25) is 14.6 Å². The number of nitrogens with zero attached hydrogens (tertiary/aromatic N) is 2. The molecule has 2 amide bonds. The molecule has 1 aliphatic heterocycles. The van der Waals surface area contributed by atoms with E-state index in [1.54, 1.807) is 35.5 Å². The second kappa shape index (κ2) is 9.21. The molecule has 2 aromatic rings. The molecule has 0 spiro atoms. The molecule has 28 heavy (non-hydrogen) atoms. The van der Waals surface area contributed by atoms with Crippen LogP contribution in [0.4, 0.5) is 0 Å². The molecule has 0 bridgehead atoms. The molecule has 0 unspecified atom stereocenters. The van der Waals surface area contributed by atoms with Gasteiger partial charge < -0.3 is 19.7 Å². The van der Waals surface area contributed by atoms with Crippen LogP contribution in [0, 0.1) is 5.92 Å². The number of piperidine rings is 1. The van der Waals surface area contributed by atoms with Gasteiger partial charge in [0.1, 0.15) is 17.1 Å². The molecule has 1 N–H and O–H groups in total. The highest BCUT2D eigenvalue weighted by atomic mass is 16.5. The zero-order valence-electron chi connectivity index (χ0n) is 16.2. The van der Waals surface area contributed by atoms with Gasteiger partial charge in [-0.25, -0.2) is 0 Å². The molecule has 1 saturated heterocycles. The first-order valence-corrected chi connectivity index (χ1v) is 9.31. The topological polar surface area (TPSA) is 80.8 Å². The lowest BCUT2D eigenvalue weighted by Gasteiger charge is -2.32. The van der Waals surface area contributed by atoms with Crippen LogP contribution in [0.2, 0.25) is 0 Å². The van der Waals surface area contributed by atoms with Gasteiger partial charge in [0.2, 0.25) is 5.91 Å². The van der Waals surface area contributed by atoms with Gasteiger partial charge in [0.05, 0.1) is 14.2 Å². The average Bonchev–Trinajstić information content (AvgIpc) is 2.77. The SMILES string of the molecule is COc1cccc(OC)c1C(=O)N1CCC(C(=O)NCc2ccncc2)CC1. The quantitative estimate of drug-likeness (QED) is 0.828. The Morgan fingerprint density at radius 2 is 1.68 bits per heavy atom. The van der Waals surface area contributed by atoms with Crippen molar-refractivity contribution in [2.45, 2.75) is 19.4 Å². The van der Waals surface area contributed by atoms with Gasteiger partial charge >= 0.3 is 0 Å². The van der Waals surface area contributed by atoms with Crippen LogP contribution in [0.5, 0.6) is 11.5 Å². The number of ether oxygens (including phenoxy) is 2. The minimum Gasteiger partial charge on any atom is -0.496 e. The second-order valence-corrected chi connectivity index (χ2v) is 6.68. The summed E-state index contributed by atoms with van der Waals surface area (Å²) in [4.78, 5) is 31.2. The van der Waals surface area contributed by atoms with Crippen molar-refractivity contribution < 1.29 is 19.1 Å². The first-order chi connectivity index (χ1) is 13.6. The monoisotopic (exact) mass is 383 g/mol. The molecular formula is C21H25N3O4. The van der Waals surface area contributed by atoms with Gasteiger partial charge in [0, 0.05) is 37.9 Å².